The van der Waals surface area contributed by atoms with Crippen molar-refractivity contribution in [2.75, 3.05) is 13.1 Å². The standard InChI is InChI=1S/C20H21N3O3/c24-18-9-16-11-23(10-15(16)8-17(18)22-5-4-21-12-22)20(25)14-1-2-19-13(7-14)3-6-26-19/h1-7,12,15-18,24H,8-11H2/t15-,16+,17-,18-/m1/s1. The predicted octanol–water partition coefficient (Wildman–Crippen LogP) is 2.71. The lowest BCUT2D eigenvalue weighted by molar-refractivity contribution is 0.0357. The summed E-state index contributed by atoms with van der Waals surface area (Å²) in [5.41, 5.74) is 1.49. The Balaban J connectivity index is 1.34. The third kappa shape index (κ3) is 2.52. The first-order chi connectivity index (χ1) is 12.7. The second-order valence-electron chi connectivity index (χ2n) is 7.52. The lowest BCUT2D eigenvalue weighted by Gasteiger charge is -2.35. The van der Waals surface area contributed by atoms with E-state index in [0.717, 1.165) is 36.9 Å². The van der Waals surface area contributed by atoms with Gasteiger partial charge in [0.25, 0.3) is 5.91 Å². The zero-order valence-electron chi connectivity index (χ0n) is 14.4. The summed E-state index contributed by atoms with van der Waals surface area (Å²) in [7, 11) is 0. The van der Waals surface area contributed by atoms with Gasteiger partial charge in [-0.15, -0.1) is 0 Å². The first-order valence-corrected chi connectivity index (χ1v) is 9.11. The highest BCUT2D eigenvalue weighted by Crippen LogP contribution is 2.41. The van der Waals surface area contributed by atoms with Crippen molar-refractivity contribution in [1.29, 1.82) is 0 Å². The number of furan rings is 1. The van der Waals surface area contributed by atoms with E-state index in [1.807, 2.05) is 39.9 Å². The Kier molecular flexibility index (Phi) is 3.60. The van der Waals surface area contributed by atoms with Gasteiger partial charge < -0.3 is 19.0 Å². The van der Waals surface area contributed by atoms with E-state index < -0.39 is 0 Å². The third-order valence-corrected chi connectivity index (χ3v) is 6.00. The van der Waals surface area contributed by atoms with Crippen molar-refractivity contribution >= 4 is 16.9 Å². The molecule has 1 aliphatic heterocycles. The molecule has 1 saturated heterocycles. The second-order valence-corrected chi connectivity index (χ2v) is 7.52. The van der Waals surface area contributed by atoms with Crippen molar-refractivity contribution in [1.82, 2.24) is 14.5 Å². The van der Waals surface area contributed by atoms with Crippen LogP contribution in [0.25, 0.3) is 11.0 Å². The highest BCUT2D eigenvalue weighted by molar-refractivity contribution is 5.97. The Hall–Kier alpha value is -2.60. The number of aromatic nitrogens is 2. The van der Waals surface area contributed by atoms with Crippen LogP contribution in [0.5, 0.6) is 0 Å². The summed E-state index contributed by atoms with van der Waals surface area (Å²) in [5.74, 6) is 0.856. The molecule has 1 aromatic carbocycles. The molecule has 0 bridgehead atoms. The molecule has 134 valence electrons. The predicted molar refractivity (Wildman–Crippen MR) is 95.6 cm³/mol. The van der Waals surface area contributed by atoms with Crippen molar-refractivity contribution in [2.45, 2.75) is 25.0 Å². The number of fused-ring (bicyclic) bond motifs is 2. The van der Waals surface area contributed by atoms with Gasteiger partial charge in [0.1, 0.15) is 5.58 Å². The Morgan fingerprint density at radius 1 is 1.19 bits per heavy atom. The Morgan fingerprint density at radius 2 is 2.04 bits per heavy atom. The third-order valence-electron chi connectivity index (χ3n) is 6.00. The highest BCUT2D eigenvalue weighted by atomic mass is 16.3. The number of aliphatic hydroxyl groups excluding tert-OH is 1. The normalized spacial score (nSPS) is 28.4. The maximum absolute atomic E-state index is 13.0. The molecule has 3 aromatic rings. The number of carbonyl (C=O) groups excluding carboxylic acids is 1. The summed E-state index contributed by atoms with van der Waals surface area (Å²) in [5, 5.41) is 11.5. The fourth-order valence-corrected chi connectivity index (χ4v) is 4.64. The molecule has 3 heterocycles. The van der Waals surface area contributed by atoms with Crippen LogP contribution in [0.1, 0.15) is 29.2 Å². The molecule has 0 radical (unpaired) electrons. The van der Waals surface area contributed by atoms with Crippen molar-refractivity contribution in [2.24, 2.45) is 11.8 Å². The summed E-state index contributed by atoms with van der Waals surface area (Å²) in [6, 6.07) is 7.51. The zero-order chi connectivity index (χ0) is 17.7. The van der Waals surface area contributed by atoms with E-state index in [2.05, 4.69) is 4.98 Å². The van der Waals surface area contributed by atoms with Crippen molar-refractivity contribution in [3.05, 3.63) is 54.8 Å². The number of hydrogen-bond donors (Lipinski definition) is 1. The van der Waals surface area contributed by atoms with Crippen LogP contribution in [0.15, 0.2) is 53.7 Å². The SMILES string of the molecule is O=C(c1ccc2occc2c1)N1C[C@H]2C[C@@H](n3ccnc3)[C@H](O)C[C@H]2C1. The van der Waals surface area contributed by atoms with Gasteiger partial charge in [-0.25, -0.2) is 4.98 Å². The zero-order valence-corrected chi connectivity index (χ0v) is 14.4. The molecule has 4 atom stereocenters. The number of hydrogen-bond acceptors (Lipinski definition) is 4. The molecule has 26 heavy (non-hydrogen) atoms. The van der Waals surface area contributed by atoms with Crippen LogP contribution in [0.3, 0.4) is 0 Å². The molecule has 2 aliphatic rings. The van der Waals surface area contributed by atoms with Crippen LogP contribution in [-0.4, -0.2) is 44.7 Å². The largest absolute Gasteiger partial charge is 0.464 e. The number of rotatable bonds is 2. The number of carbonyl (C=O) groups is 1. The molecule has 6 heteroatoms. The lowest BCUT2D eigenvalue weighted by atomic mass is 9.77. The molecular weight excluding hydrogens is 330 g/mol. The minimum Gasteiger partial charge on any atom is -0.464 e. The van der Waals surface area contributed by atoms with Gasteiger partial charge in [0.2, 0.25) is 0 Å². The molecule has 5 rings (SSSR count). The van der Waals surface area contributed by atoms with Crippen LogP contribution >= 0.6 is 0 Å². The molecule has 1 aliphatic carbocycles. The van der Waals surface area contributed by atoms with E-state index >= 15 is 0 Å². The van der Waals surface area contributed by atoms with Gasteiger partial charge in [-0.1, -0.05) is 0 Å². The van der Waals surface area contributed by atoms with Crippen LogP contribution in [0.2, 0.25) is 0 Å². The number of imidazole rings is 1. The first-order valence-electron chi connectivity index (χ1n) is 9.11. The average Bonchev–Trinajstić information content (AvgIpc) is 3.38. The van der Waals surface area contributed by atoms with E-state index in [4.69, 9.17) is 4.42 Å². The average molecular weight is 351 g/mol. The summed E-state index contributed by atoms with van der Waals surface area (Å²) in [6.07, 6.45) is 8.29. The summed E-state index contributed by atoms with van der Waals surface area (Å²) < 4.78 is 7.35. The minimum atomic E-state index is -0.386. The molecule has 2 fully saturated rings. The summed E-state index contributed by atoms with van der Waals surface area (Å²) in [4.78, 5) is 19.0. The Bertz CT molecular complexity index is 933. The van der Waals surface area contributed by atoms with E-state index in [9.17, 15) is 9.90 Å². The van der Waals surface area contributed by atoms with Gasteiger partial charge in [-0.05, 0) is 48.9 Å². The molecule has 6 nitrogen and oxygen atoms in total. The fraction of sp³-hybridized carbons (Fsp3) is 0.400. The number of likely N-dealkylation sites (tertiary alicyclic amines) is 1. The number of benzene rings is 1. The molecular formula is C20H21N3O3. The number of aliphatic hydroxyl groups is 1. The number of nitrogens with zero attached hydrogens (tertiary/aromatic N) is 3. The van der Waals surface area contributed by atoms with Crippen LogP contribution in [0.4, 0.5) is 0 Å². The second kappa shape index (κ2) is 5.99. The summed E-state index contributed by atoms with van der Waals surface area (Å²) in [6.45, 7) is 1.48. The van der Waals surface area contributed by atoms with Crippen molar-refractivity contribution in [3.8, 4) is 0 Å². The molecule has 0 spiro atoms. The maximum Gasteiger partial charge on any atom is 0.253 e. The van der Waals surface area contributed by atoms with Crippen molar-refractivity contribution in [3.63, 3.8) is 0 Å². The van der Waals surface area contributed by atoms with Crippen LogP contribution in [0, 0.1) is 11.8 Å². The van der Waals surface area contributed by atoms with Gasteiger partial charge in [-0.2, -0.15) is 0 Å². The Morgan fingerprint density at radius 3 is 2.85 bits per heavy atom. The Labute approximate surface area is 151 Å². The monoisotopic (exact) mass is 351 g/mol. The van der Waals surface area contributed by atoms with E-state index in [1.165, 1.54) is 0 Å². The van der Waals surface area contributed by atoms with Gasteiger partial charge in [0.05, 0.1) is 24.7 Å². The van der Waals surface area contributed by atoms with Crippen LogP contribution in [-0.2, 0) is 0 Å². The molecule has 1 amide bonds. The van der Waals surface area contributed by atoms with E-state index in [-0.39, 0.29) is 18.1 Å². The molecule has 2 aromatic heterocycles. The van der Waals surface area contributed by atoms with Gasteiger partial charge in [0, 0.05) is 36.4 Å². The molecule has 1 N–H and O–H groups in total. The topological polar surface area (TPSA) is 71.5 Å². The molecule has 0 unspecified atom stereocenters. The quantitative estimate of drug-likeness (QED) is 0.771. The highest BCUT2D eigenvalue weighted by Gasteiger charge is 2.43. The van der Waals surface area contributed by atoms with E-state index in [0.29, 0.717) is 17.4 Å². The van der Waals surface area contributed by atoms with Crippen molar-refractivity contribution < 1.29 is 14.3 Å². The maximum atomic E-state index is 13.0. The van der Waals surface area contributed by atoms with Gasteiger partial charge in [-0.3, -0.25) is 4.79 Å². The minimum absolute atomic E-state index is 0.0519. The fourth-order valence-electron chi connectivity index (χ4n) is 4.64. The van der Waals surface area contributed by atoms with Gasteiger partial charge >= 0.3 is 0 Å². The smallest absolute Gasteiger partial charge is 0.253 e. The summed E-state index contributed by atoms with van der Waals surface area (Å²) >= 11 is 0. The van der Waals surface area contributed by atoms with Crippen LogP contribution < -0.4 is 0 Å². The lowest BCUT2D eigenvalue weighted by Crippen LogP contribution is -2.35. The van der Waals surface area contributed by atoms with Gasteiger partial charge in [0.15, 0.2) is 0 Å². The first kappa shape index (κ1) is 15.6. The number of amides is 1. The molecule has 1 saturated carbocycles. The van der Waals surface area contributed by atoms with E-state index in [1.54, 1.807) is 18.8 Å².